The summed E-state index contributed by atoms with van der Waals surface area (Å²) in [6.45, 7) is 5.54. The molecule has 0 amide bonds. The molecule has 0 aromatic heterocycles. The molecular formula is C15H21Cl2NS. The Kier molecular flexibility index (Phi) is 5.88. The summed E-state index contributed by atoms with van der Waals surface area (Å²) >= 11 is 14.2. The second-order valence-electron chi connectivity index (χ2n) is 5.31. The Morgan fingerprint density at radius 3 is 2.84 bits per heavy atom. The summed E-state index contributed by atoms with van der Waals surface area (Å²) in [5, 5.41) is 5.76. The number of hydrogen-bond acceptors (Lipinski definition) is 2. The fraction of sp³-hybridized carbons (Fsp3) is 0.600. The molecule has 1 N–H and O–H groups in total. The van der Waals surface area contributed by atoms with Crippen LogP contribution in [0.2, 0.25) is 10.0 Å². The summed E-state index contributed by atoms with van der Waals surface area (Å²) in [4.78, 5) is 1.11. The predicted octanol–water partition coefficient (Wildman–Crippen LogP) is 5.25. The first-order valence-corrected chi connectivity index (χ1v) is 8.58. The molecule has 4 heteroatoms. The van der Waals surface area contributed by atoms with Gasteiger partial charge in [0.1, 0.15) is 0 Å². The van der Waals surface area contributed by atoms with Gasteiger partial charge in [-0.1, -0.05) is 37.0 Å². The SMILES string of the molecule is CCNC1CCC(C)CC1Sc1cc(Cl)ccc1Cl. The Morgan fingerprint density at radius 2 is 2.11 bits per heavy atom. The van der Waals surface area contributed by atoms with Crippen molar-refractivity contribution in [3.8, 4) is 0 Å². The van der Waals surface area contributed by atoms with Gasteiger partial charge in [-0.25, -0.2) is 0 Å². The topological polar surface area (TPSA) is 12.0 Å². The molecule has 0 spiro atoms. The lowest BCUT2D eigenvalue weighted by atomic mass is 9.87. The van der Waals surface area contributed by atoms with Crippen LogP contribution in [0.4, 0.5) is 0 Å². The van der Waals surface area contributed by atoms with Crippen LogP contribution in [0.5, 0.6) is 0 Å². The van der Waals surface area contributed by atoms with Gasteiger partial charge in [-0.3, -0.25) is 0 Å². The van der Waals surface area contributed by atoms with E-state index >= 15 is 0 Å². The van der Waals surface area contributed by atoms with E-state index in [1.165, 1.54) is 19.3 Å². The van der Waals surface area contributed by atoms with Crippen LogP contribution < -0.4 is 5.32 Å². The maximum absolute atomic E-state index is 6.28. The summed E-state index contributed by atoms with van der Waals surface area (Å²) in [5.74, 6) is 0.797. The second-order valence-corrected chi connectivity index (χ2v) is 7.44. The van der Waals surface area contributed by atoms with E-state index in [-0.39, 0.29) is 0 Å². The van der Waals surface area contributed by atoms with E-state index in [4.69, 9.17) is 23.2 Å². The van der Waals surface area contributed by atoms with Crippen LogP contribution in [0.1, 0.15) is 33.1 Å². The number of rotatable bonds is 4. The summed E-state index contributed by atoms with van der Waals surface area (Å²) in [7, 11) is 0. The Morgan fingerprint density at radius 1 is 1.32 bits per heavy atom. The minimum absolute atomic E-state index is 0.583. The third kappa shape index (κ3) is 4.29. The lowest BCUT2D eigenvalue weighted by molar-refractivity contribution is 0.321. The van der Waals surface area contributed by atoms with Crippen LogP contribution in [0.3, 0.4) is 0 Å². The Labute approximate surface area is 130 Å². The highest BCUT2D eigenvalue weighted by molar-refractivity contribution is 8.00. The van der Waals surface area contributed by atoms with Gasteiger partial charge in [0.2, 0.25) is 0 Å². The first-order chi connectivity index (χ1) is 9.10. The summed E-state index contributed by atoms with van der Waals surface area (Å²) in [6.07, 6.45) is 3.81. The van der Waals surface area contributed by atoms with Gasteiger partial charge in [-0.2, -0.15) is 0 Å². The van der Waals surface area contributed by atoms with E-state index in [1.54, 1.807) is 0 Å². The average Bonchev–Trinajstić information content (AvgIpc) is 2.37. The maximum atomic E-state index is 6.28. The molecule has 0 aliphatic heterocycles. The smallest absolute Gasteiger partial charge is 0.0543 e. The highest BCUT2D eigenvalue weighted by Gasteiger charge is 2.29. The molecule has 0 radical (unpaired) electrons. The van der Waals surface area contributed by atoms with Crippen LogP contribution in [0, 0.1) is 5.92 Å². The molecule has 3 atom stereocenters. The van der Waals surface area contributed by atoms with E-state index < -0.39 is 0 Å². The van der Waals surface area contributed by atoms with Gasteiger partial charge < -0.3 is 5.32 Å². The van der Waals surface area contributed by atoms with Crippen molar-refractivity contribution in [2.45, 2.75) is 49.3 Å². The number of thioether (sulfide) groups is 1. The molecule has 1 fully saturated rings. The molecule has 0 saturated heterocycles. The first kappa shape index (κ1) is 15.5. The fourth-order valence-corrected chi connectivity index (χ4v) is 4.70. The minimum Gasteiger partial charge on any atom is -0.313 e. The molecule has 1 aliphatic carbocycles. The average molecular weight is 318 g/mol. The van der Waals surface area contributed by atoms with E-state index in [9.17, 15) is 0 Å². The monoisotopic (exact) mass is 317 g/mol. The Hall–Kier alpha value is 0.110. The molecular weight excluding hydrogens is 297 g/mol. The Balaban J connectivity index is 2.11. The summed E-state index contributed by atoms with van der Waals surface area (Å²) in [5.41, 5.74) is 0. The van der Waals surface area contributed by atoms with Crippen molar-refractivity contribution in [3.63, 3.8) is 0 Å². The lowest BCUT2D eigenvalue weighted by Crippen LogP contribution is -2.42. The van der Waals surface area contributed by atoms with Crippen molar-refractivity contribution in [2.24, 2.45) is 5.92 Å². The fourth-order valence-electron chi connectivity index (χ4n) is 2.69. The van der Waals surface area contributed by atoms with Crippen molar-refractivity contribution < 1.29 is 0 Å². The van der Waals surface area contributed by atoms with E-state index in [1.807, 2.05) is 30.0 Å². The van der Waals surface area contributed by atoms with Gasteiger partial charge >= 0.3 is 0 Å². The third-order valence-electron chi connectivity index (χ3n) is 3.69. The van der Waals surface area contributed by atoms with Gasteiger partial charge in [-0.15, -0.1) is 11.8 Å². The standard InChI is InChI=1S/C15H21Cl2NS/c1-3-18-13-7-4-10(2)8-15(13)19-14-9-11(16)5-6-12(14)17/h5-6,9-10,13,15,18H,3-4,7-8H2,1-2H3. The van der Waals surface area contributed by atoms with Crippen LogP contribution in [0.25, 0.3) is 0 Å². The van der Waals surface area contributed by atoms with E-state index in [2.05, 4.69) is 19.2 Å². The summed E-state index contributed by atoms with van der Waals surface area (Å²) in [6, 6.07) is 6.30. The van der Waals surface area contributed by atoms with Crippen LogP contribution >= 0.6 is 35.0 Å². The van der Waals surface area contributed by atoms with Crippen molar-refractivity contribution in [2.75, 3.05) is 6.54 Å². The predicted molar refractivity (Wildman–Crippen MR) is 86.6 cm³/mol. The van der Waals surface area contributed by atoms with Crippen molar-refractivity contribution >= 4 is 35.0 Å². The quantitative estimate of drug-likeness (QED) is 0.813. The van der Waals surface area contributed by atoms with Gasteiger partial charge in [0.15, 0.2) is 0 Å². The van der Waals surface area contributed by atoms with Crippen molar-refractivity contribution in [1.29, 1.82) is 0 Å². The normalized spacial score (nSPS) is 27.5. The van der Waals surface area contributed by atoms with Crippen molar-refractivity contribution in [1.82, 2.24) is 5.32 Å². The number of hydrogen-bond donors (Lipinski definition) is 1. The highest BCUT2D eigenvalue weighted by Crippen LogP contribution is 2.39. The molecule has 0 heterocycles. The number of benzene rings is 1. The van der Waals surface area contributed by atoms with Gasteiger partial charge in [-0.05, 0) is 49.9 Å². The second kappa shape index (κ2) is 7.21. The van der Waals surface area contributed by atoms with Gasteiger partial charge in [0.05, 0.1) is 5.02 Å². The minimum atomic E-state index is 0.583. The highest BCUT2D eigenvalue weighted by atomic mass is 35.5. The number of halogens is 2. The zero-order chi connectivity index (χ0) is 13.8. The van der Waals surface area contributed by atoms with Crippen LogP contribution in [-0.2, 0) is 0 Å². The first-order valence-electron chi connectivity index (χ1n) is 6.95. The molecule has 1 aromatic rings. The molecule has 0 bridgehead atoms. The molecule has 1 nitrogen and oxygen atoms in total. The lowest BCUT2D eigenvalue weighted by Gasteiger charge is -2.35. The molecule has 19 heavy (non-hydrogen) atoms. The van der Waals surface area contributed by atoms with Crippen molar-refractivity contribution in [3.05, 3.63) is 28.2 Å². The molecule has 2 rings (SSSR count). The zero-order valence-corrected chi connectivity index (χ0v) is 13.8. The third-order valence-corrected chi connectivity index (χ3v) is 5.78. The van der Waals surface area contributed by atoms with Gasteiger partial charge in [0.25, 0.3) is 0 Å². The maximum Gasteiger partial charge on any atom is 0.0543 e. The Bertz CT molecular complexity index is 425. The van der Waals surface area contributed by atoms with Crippen LogP contribution in [-0.4, -0.2) is 17.8 Å². The van der Waals surface area contributed by atoms with E-state index in [0.717, 1.165) is 27.4 Å². The molecule has 1 aromatic carbocycles. The zero-order valence-electron chi connectivity index (χ0n) is 11.5. The molecule has 1 aliphatic rings. The summed E-state index contributed by atoms with van der Waals surface area (Å²) < 4.78 is 0. The largest absolute Gasteiger partial charge is 0.313 e. The van der Waals surface area contributed by atoms with E-state index in [0.29, 0.717) is 11.3 Å². The molecule has 1 saturated carbocycles. The van der Waals surface area contributed by atoms with Gasteiger partial charge in [0, 0.05) is 21.2 Å². The number of nitrogens with one attached hydrogen (secondary N) is 1. The van der Waals surface area contributed by atoms with Crippen LogP contribution in [0.15, 0.2) is 23.1 Å². The molecule has 106 valence electrons. The molecule has 3 unspecified atom stereocenters.